The SMILES string of the molecule is CCc1ccc(NC(=O)CN2C(=O)N(Cc3nc(C)no3)C(=O)C3CCCCC32)cc1. The summed E-state index contributed by atoms with van der Waals surface area (Å²) in [6.07, 6.45) is 4.20. The highest BCUT2D eigenvalue weighted by molar-refractivity contribution is 6.01. The molecule has 1 aliphatic heterocycles. The van der Waals surface area contributed by atoms with Crippen LogP contribution in [0.15, 0.2) is 28.8 Å². The average molecular weight is 425 g/mol. The lowest BCUT2D eigenvalue weighted by atomic mass is 9.81. The van der Waals surface area contributed by atoms with Gasteiger partial charge in [-0.1, -0.05) is 37.1 Å². The number of aryl methyl sites for hydroxylation is 2. The minimum absolute atomic E-state index is 0.0850. The number of nitrogens with zero attached hydrogens (tertiary/aromatic N) is 4. The van der Waals surface area contributed by atoms with E-state index in [0.717, 1.165) is 24.2 Å². The van der Waals surface area contributed by atoms with Gasteiger partial charge in [0.15, 0.2) is 5.82 Å². The van der Waals surface area contributed by atoms with Crippen molar-refractivity contribution in [3.63, 3.8) is 0 Å². The zero-order valence-electron chi connectivity index (χ0n) is 17.8. The molecule has 2 atom stereocenters. The van der Waals surface area contributed by atoms with Crippen LogP contribution in [-0.4, -0.2) is 50.4 Å². The molecule has 164 valence electrons. The number of hydrogen-bond donors (Lipinski definition) is 1. The molecule has 9 heteroatoms. The van der Waals surface area contributed by atoms with Crippen LogP contribution in [0.2, 0.25) is 0 Å². The van der Waals surface area contributed by atoms with Crippen molar-refractivity contribution in [1.29, 1.82) is 0 Å². The van der Waals surface area contributed by atoms with E-state index >= 15 is 0 Å². The van der Waals surface area contributed by atoms with E-state index in [1.165, 1.54) is 10.5 Å². The number of aromatic nitrogens is 2. The number of nitrogens with one attached hydrogen (secondary N) is 1. The molecule has 9 nitrogen and oxygen atoms in total. The summed E-state index contributed by atoms with van der Waals surface area (Å²) in [6.45, 7) is 3.55. The summed E-state index contributed by atoms with van der Waals surface area (Å²) in [5.41, 5.74) is 1.86. The zero-order valence-corrected chi connectivity index (χ0v) is 17.8. The maximum absolute atomic E-state index is 13.2. The van der Waals surface area contributed by atoms with Crippen molar-refractivity contribution >= 4 is 23.5 Å². The van der Waals surface area contributed by atoms with Crippen molar-refractivity contribution in [3.05, 3.63) is 41.5 Å². The van der Waals surface area contributed by atoms with Gasteiger partial charge >= 0.3 is 6.03 Å². The zero-order chi connectivity index (χ0) is 22.0. The van der Waals surface area contributed by atoms with E-state index < -0.39 is 6.03 Å². The second-order valence-corrected chi connectivity index (χ2v) is 8.13. The number of anilines is 1. The third-order valence-corrected chi connectivity index (χ3v) is 6.01. The molecule has 0 bridgehead atoms. The molecule has 1 aromatic heterocycles. The molecule has 1 N–H and O–H groups in total. The summed E-state index contributed by atoms with van der Waals surface area (Å²) in [5, 5.41) is 6.59. The fourth-order valence-corrected chi connectivity index (χ4v) is 4.41. The Bertz CT molecular complexity index is 971. The number of rotatable bonds is 6. The Morgan fingerprint density at radius 3 is 2.61 bits per heavy atom. The van der Waals surface area contributed by atoms with Gasteiger partial charge in [-0.3, -0.25) is 14.5 Å². The van der Waals surface area contributed by atoms with Crippen LogP contribution >= 0.6 is 0 Å². The van der Waals surface area contributed by atoms with E-state index in [1.807, 2.05) is 24.3 Å². The summed E-state index contributed by atoms with van der Waals surface area (Å²) in [7, 11) is 0. The first-order valence-electron chi connectivity index (χ1n) is 10.8. The molecular weight excluding hydrogens is 398 g/mol. The van der Waals surface area contributed by atoms with Crippen LogP contribution in [0.25, 0.3) is 0 Å². The molecule has 4 amide bonds. The molecule has 0 spiro atoms. The number of carbonyl (C=O) groups is 3. The molecule has 2 fully saturated rings. The summed E-state index contributed by atoms with van der Waals surface area (Å²) in [4.78, 5) is 45.8. The van der Waals surface area contributed by atoms with Gasteiger partial charge in [0.2, 0.25) is 17.7 Å². The first-order valence-corrected chi connectivity index (χ1v) is 10.8. The quantitative estimate of drug-likeness (QED) is 0.762. The summed E-state index contributed by atoms with van der Waals surface area (Å²) < 4.78 is 5.11. The number of benzene rings is 1. The smallest absolute Gasteiger partial charge is 0.327 e. The third-order valence-electron chi connectivity index (χ3n) is 6.01. The van der Waals surface area contributed by atoms with Gasteiger partial charge in [0.05, 0.1) is 5.92 Å². The number of carbonyl (C=O) groups excluding carboxylic acids is 3. The number of fused-ring (bicyclic) bond motifs is 1. The van der Waals surface area contributed by atoms with Crippen LogP contribution in [-0.2, 0) is 22.6 Å². The fraction of sp³-hybridized carbons (Fsp3) is 0.500. The average Bonchev–Trinajstić information content (AvgIpc) is 3.19. The lowest BCUT2D eigenvalue weighted by molar-refractivity contribution is -0.142. The van der Waals surface area contributed by atoms with Gasteiger partial charge in [0.25, 0.3) is 0 Å². The number of hydrogen-bond acceptors (Lipinski definition) is 6. The molecule has 1 aromatic carbocycles. The van der Waals surface area contributed by atoms with Crippen molar-refractivity contribution in [1.82, 2.24) is 19.9 Å². The Labute approximate surface area is 180 Å². The minimum atomic E-state index is -0.486. The van der Waals surface area contributed by atoms with E-state index in [9.17, 15) is 14.4 Å². The molecule has 2 aliphatic rings. The molecule has 31 heavy (non-hydrogen) atoms. The van der Waals surface area contributed by atoms with Crippen LogP contribution < -0.4 is 5.32 Å². The van der Waals surface area contributed by atoms with E-state index in [2.05, 4.69) is 22.4 Å². The molecular formula is C22H27N5O4. The normalized spacial score (nSPS) is 21.2. The van der Waals surface area contributed by atoms with Crippen LogP contribution in [0.3, 0.4) is 0 Å². The number of urea groups is 1. The predicted molar refractivity (Wildman–Crippen MR) is 112 cm³/mol. The lowest BCUT2D eigenvalue weighted by Gasteiger charge is -2.46. The highest BCUT2D eigenvalue weighted by Gasteiger charge is 2.47. The first-order chi connectivity index (χ1) is 15.0. The first kappa shape index (κ1) is 21.0. The van der Waals surface area contributed by atoms with Crippen molar-refractivity contribution in [2.24, 2.45) is 5.92 Å². The van der Waals surface area contributed by atoms with E-state index in [-0.39, 0.29) is 42.8 Å². The fourth-order valence-electron chi connectivity index (χ4n) is 4.41. The molecule has 4 rings (SSSR count). The van der Waals surface area contributed by atoms with Gasteiger partial charge in [-0.2, -0.15) is 4.98 Å². The van der Waals surface area contributed by atoms with E-state index in [1.54, 1.807) is 6.92 Å². The molecule has 1 saturated heterocycles. The molecule has 2 aromatic rings. The van der Waals surface area contributed by atoms with Crippen molar-refractivity contribution < 1.29 is 18.9 Å². The molecule has 2 unspecified atom stereocenters. The van der Waals surface area contributed by atoms with Gasteiger partial charge in [-0.05, 0) is 43.9 Å². The van der Waals surface area contributed by atoms with Crippen LogP contribution in [0.5, 0.6) is 0 Å². The Hall–Kier alpha value is -3.23. The Morgan fingerprint density at radius 1 is 1.19 bits per heavy atom. The van der Waals surface area contributed by atoms with Crippen LogP contribution in [0.4, 0.5) is 10.5 Å². The molecule has 2 heterocycles. The summed E-state index contributed by atoms with van der Waals surface area (Å²) in [6, 6.07) is 6.89. The highest BCUT2D eigenvalue weighted by atomic mass is 16.5. The maximum Gasteiger partial charge on any atom is 0.327 e. The van der Waals surface area contributed by atoms with Crippen molar-refractivity contribution in [2.45, 2.75) is 58.5 Å². The summed E-state index contributed by atoms with van der Waals surface area (Å²) >= 11 is 0. The lowest BCUT2D eigenvalue weighted by Crippen LogP contribution is -2.63. The highest BCUT2D eigenvalue weighted by Crippen LogP contribution is 2.35. The standard InChI is InChI=1S/C22H27N5O4/c1-3-15-8-10-16(11-9-15)24-19(28)12-26-18-7-5-4-6-17(18)21(29)27(22(26)30)13-20-23-14(2)25-31-20/h8-11,17-18H,3-7,12-13H2,1-2H3,(H,24,28). The van der Waals surface area contributed by atoms with Crippen molar-refractivity contribution in [3.8, 4) is 0 Å². The molecule has 1 saturated carbocycles. The topological polar surface area (TPSA) is 109 Å². The predicted octanol–water partition coefficient (Wildman–Crippen LogP) is 2.90. The number of imide groups is 1. The molecule has 1 aliphatic carbocycles. The van der Waals surface area contributed by atoms with Gasteiger partial charge in [0.1, 0.15) is 13.1 Å². The third kappa shape index (κ3) is 4.45. The summed E-state index contributed by atoms with van der Waals surface area (Å²) in [5.74, 6) is -0.184. The monoisotopic (exact) mass is 425 g/mol. The minimum Gasteiger partial charge on any atom is -0.337 e. The second kappa shape index (κ2) is 8.87. The largest absolute Gasteiger partial charge is 0.337 e. The Balaban J connectivity index is 1.51. The Kier molecular flexibility index (Phi) is 6.01. The van der Waals surface area contributed by atoms with Crippen LogP contribution in [0, 0.1) is 12.8 Å². The van der Waals surface area contributed by atoms with Gasteiger partial charge in [-0.15, -0.1) is 0 Å². The van der Waals surface area contributed by atoms with Gasteiger partial charge in [0, 0.05) is 11.7 Å². The van der Waals surface area contributed by atoms with Gasteiger partial charge < -0.3 is 14.7 Å². The van der Waals surface area contributed by atoms with Crippen LogP contribution in [0.1, 0.15) is 49.9 Å². The second-order valence-electron chi connectivity index (χ2n) is 8.13. The molecule has 0 radical (unpaired) electrons. The number of amides is 4. The Morgan fingerprint density at radius 2 is 1.94 bits per heavy atom. The maximum atomic E-state index is 13.2. The van der Waals surface area contributed by atoms with E-state index in [0.29, 0.717) is 24.4 Å². The van der Waals surface area contributed by atoms with E-state index in [4.69, 9.17) is 4.52 Å². The van der Waals surface area contributed by atoms with Gasteiger partial charge in [-0.25, -0.2) is 4.79 Å². The van der Waals surface area contributed by atoms with Crippen molar-refractivity contribution in [2.75, 3.05) is 11.9 Å².